The maximum Gasteiger partial charge on any atom is 0.344 e. The molecule has 1 aromatic heterocycles. The number of aromatic nitrogens is 2. The van der Waals surface area contributed by atoms with Crippen LogP contribution < -0.4 is 10.6 Å². The molecule has 0 spiro atoms. The Balaban J connectivity index is 1.38. The number of benzene rings is 1. The Kier molecular flexibility index (Phi) is 7.02. The third-order valence-corrected chi connectivity index (χ3v) is 6.86. The largest absolute Gasteiger partial charge is 0.387 e. The van der Waals surface area contributed by atoms with Crippen LogP contribution in [0, 0.1) is 6.92 Å². The van der Waals surface area contributed by atoms with Crippen molar-refractivity contribution in [3.8, 4) is 0 Å². The Hall–Kier alpha value is -3.15. The van der Waals surface area contributed by atoms with Crippen LogP contribution in [0.2, 0.25) is 5.02 Å². The second-order valence-electron chi connectivity index (χ2n) is 9.00. The van der Waals surface area contributed by atoms with E-state index in [1.165, 1.54) is 6.92 Å². The smallest absolute Gasteiger partial charge is 0.344 e. The van der Waals surface area contributed by atoms with Crippen LogP contribution in [-0.4, -0.2) is 85.4 Å². The molecule has 188 valence electrons. The van der Waals surface area contributed by atoms with Gasteiger partial charge >= 0.3 is 12.1 Å². The van der Waals surface area contributed by atoms with Crippen LogP contribution in [0.15, 0.2) is 30.5 Å². The van der Waals surface area contributed by atoms with E-state index in [1.807, 2.05) is 5.01 Å². The lowest BCUT2D eigenvalue weighted by atomic mass is 9.92. The summed E-state index contributed by atoms with van der Waals surface area (Å²) in [5.41, 5.74) is -0.111. The van der Waals surface area contributed by atoms with Gasteiger partial charge in [0.05, 0.1) is 24.0 Å². The molecule has 1 fully saturated rings. The normalized spacial score (nSPS) is 18.7. The summed E-state index contributed by atoms with van der Waals surface area (Å²) in [5, 5.41) is 20.4. The monoisotopic (exact) mass is 503 g/mol. The number of anilines is 1. The molecule has 12 heteroatoms. The fourth-order valence-electron chi connectivity index (χ4n) is 4.28. The maximum absolute atomic E-state index is 13.4. The van der Waals surface area contributed by atoms with Gasteiger partial charge in [0.15, 0.2) is 0 Å². The predicted molar refractivity (Wildman–Crippen MR) is 130 cm³/mol. The molecular formula is C23H30ClN7O4. The number of aliphatic hydroxyl groups is 1. The number of halogens is 1. The molecule has 3 heterocycles. The quantitative estimate of drug-likeness (QED) is 0.554. The zero-order valence-electron chi connectivity index (χ0n) is 20.0. The van der Waals surface area contributed by atoms with E-state index >= 15 is 0 Å². The molecule has 4 amide bonds. The van der Waals surface area contributed by atoms with Crippen molar-refractivity contribution in [2.75, 3.05) is 31.5 Å². The first-order valence-corrected chi connectivity index (χ1v) is 11.9. The minimum atomic E-state index is -1.45. The summed E-state index contributed by atoms with van der Waals surface area (Å²) in [6.45, 7) is 7.12. The molecule has 2 atom stereocenters. The van der Waals surface area contributed by atoms with Gasteiger partial charge in [0.1, 0.15) is 11.9 Å². The molecule has 3 N–H and O–H groups in total. The first-order chi connectivity index (χ1) is 16.6. The van der Waals surface area contributed by atoms with Crippen molar-refractivity contribution in [3.05, 3.63) is 47.0 Å². The van der Waals surface area contributed by atoms with E-state index in [9.17, 15) is 19.5 Å². The molecule has 4 rings (SSSR count). The highest BCUT2D eigenvalue weighted by Gasteiger charge is 2.41. The van der Waals surface area contributed by atoms with E-state index < -0.39 is 17.7 Å². The number of hydrazine groups is 1. The Morgan fingerprint density at radius 1 is 1.20 bits per heavy atom. The first-order valence-electron chi connectivity index (χ1n) is 11.5. The topological polar surface area (TPSA) is 123 Å². The number of amides is 4. The number of hydrogen-bond acceptors (Lipinski definition) is 6. The van der Waals surface area contributed by atoms with E-state index in [4.69, 9.17) is 11.6 Å². The standard InChI is InChI=1S/C23H30ClN7O4/c1-4-23(3,35)19(27-21(33)26-17-7-5-16(24)6-8-17)20(32)28-9-11-29(12-10-28)30-14-18-13-25-15(2)31(18)22(30)34/h5-8,13,19,35H,4,9-12,14H2,1-3H3,(H2,26,27,33). The fraction of sp³-hybridized carbons (Fsp3) is 0.478. The van der Waals surface area contributed by atoms with Crippen molar-refractivity contribution in [2.45, 2.75) is 45.4 Å². The van der Waals surface area contributed by atoms with E-state index in [1.54, 1.807) is 58.8 Å². The van der Waals surface area contributed by atoms with Crippen molar-refractivity contribution in [3.63, 3.8) is 0 Å². The van der Waals surface area contributed by atoms with Crippen LogP contribution in [-0.2, 0) is 11.3 Å². The number of rotatable bonds is 6. The summed E-state index contributed by atoms with van der Waals surface area (Å²) in [5.74, 6) is 0.274. The first kappa shape index (κ1) is 25.0. The lowest BCUT2D eigenvalue weighted by Crippen LogP contribution is -2.63. The minimum absolute atomic E-state index is 0.151. The highest BCUT2D eigenvalue weighted by atomic mass is 35.5. The van der Waals surface area contributed by atoms with Crippen LogP contribution >= 0.6 is 11.6 Å². The van der Waals surface area contributed by atoms with Crippen LogP contribution in [0.3, 0.4) is 0 Å². The van der Waals surface area contributed by atoms with Crippen LogP contribution in [0.25, 0.3) is 0 Å². The molecule has 2 aliphatic heterocycles. The van der Waals surface area contributed by atoms with Crippen LogP contribution in [0.5, 0.6) is 0 Å². The highest BCUT2D eigenvalue weighted by Crippen LogP contribution is 2.23. The zero-order chi connectivity index (χ0) is 25.3. The van der Waals surface area contributed by atoms with Gasteiger partial charge in [-0.25, -0.2) is 24.1 Å². The van der Waals surface area contributed by atoms with Gasteiger partial charge in [0.2, 0.25) is 5.91 Å². The molecule has 0 bridgehead atoms. The summed E-state index contributed by atoms with van der Waals surface area (Å²) < 4.78 is 1.59. The number of hydrogen-bond donors (Lipinski definition) is 3. The Morgan fingerprint density at radius 3 is 2.46 bits per heavy atom. The molecule has 35 heavy (non-hydrogen) atoms. The predicted octanol–water partition coefficient (Wildman–Crippen LogP) is 2.04. The second-order valence-corrected chi connectivity index (χ2v) is 9.44. The fourth-order valence-corrected chi connectivity index (χ4v) is 4.41. The lowest BCUT2D eigenvalue weighted by Gasteiger charge is -2.41. The number of carbonyl (C=O) groups is 3. The van der Waals surface area contributed by atoms with Gasteiger partial charge < -0.3 is 20.6 Å². The molecule has 1 saturated heterocycles. The van der Waals surface area contributed by atoms with E-state index in [2.05, 4.69) is 15.6 Å². The van der Waals surface area contributed by atoms with E-state index in [0.717, 1.165) is 5.69 Å². The molecule has 0 aliphatic carbocycles. The SMILES string of the molecule is CCC(C)(O)C(NC(=O)Nc1ccc(Cl)cc1)C(=O)N1CCN(N2Cc3cnc(C)n3C2=O)CC1. The molecule has 1 aromatic carbocycles. The van der Waals surface area contributed by atoms with Crippen LogP contribution in [0.4, 0.5) is 15.3 Å². The average Bonchev–Trinajstić information content (AvgIpc) is 3.38. The van der Waals surface area contributed by atoms with Crippen molar-refractivity contribution >= 4 is 35.3 Å². The van der Waals surface area contributed by atoms with Gasteiger partial charge in [-0.1, -0.05) is 18.5 Å². The van der Waals surface area contributed by atoms with Crippen molar-refractivity contribution in [1.82, 2.24) is 29.8 Å². The number of piperazine rings is 1. The van der Waals surface area contributed by atoms with E-state index in [-0.39, 0.29) is 18.4 Å². The molecule has 11 nitrogen and oxygen atoms in total. The number of urea groups is 1. The molecule has 2 aliphatic rings. The Bertz CT molecular complexity index is 1110. The van der Waals surface area contributed by atoms with E-state index in [0.29, 0.717) is 49.3 Å². The molecule has 0 saturated carbocycles. The van der Waals surface area contributed by atoms with Crippen molar-refractivity contribution in [2.24, 2.45) is 0 Å². The zero-order valence-corrected chi connectivity index (χ0v) is 20.7. The molecular weight excluding hydrogens is 474 g/mol. The third kappa shape index (κ3) is 5.12. The number of aryl methyl sites for hydroxylation is 1. The Morgan fingerprint density at radius 2 is 1.86 bits per heavy atom. The van der Waals surface area contributed by atoms with Crippen LogP contribution in [0.1, 0.15) is 31.8 Å². The lowest BCUT2D eigenvalue weighted by molar-refractivity contribution is -0.143. The van der Waals surface area contributed by atoms with Crippen molar-refractivity contribution < 1.29 is 19.5 Å². The summed E-state index contributed by atoms with van der Waals surface area (Å²) in [6.07, 6.45) is 1.96. The summed E-state index contributed by atoms with van der Waals surface area (Å²) >= 11 is 5.88. The summed E-state index contributed by atoms with van der Waals surface area (Å²) in [6, 6.07) is 4.67. The summed E-state index contributed by atoms with van der Waals surface area (Å²) in [7, 11) is 0. The van der Waals surface area contributed by atoms with Gasteiger partial charge in [-0.15, -0.1) is 0 Å². The number of fused-ring (bicyclic) bond motifs is 1. The van der Waals surface area contributed by atoms with Gasteiger partial charge in [-0.05, 0) is 44.5 Å². The minimum Gasteiger partial charge on any atom is -0.387 e. The van der Waals surface area contributed by atoms with Gasteiger partial charge in [0.25, 0.3) is 0 Å². The maximum atomic E-state index is 13.4. The number of imidazole rings is 1. The van der Waals surface area contributed by atoms with Gasteiger partial charge in [-0.3, -0.25) is 9.80 Å². The molecule has 2 aromatic rings. The van der Waals surface area contributed by atoms with Gasteiger partial charge in [-0.2, -0.15) is 0 Å². The van der Waals surface area contributed by atoms with Gasteiger partial charge in [0, 0.05) is 36.9 Å². The Labute approximate surface area is 208 Å². The number of carbonyl (C=O) groups excluding carboxylic acids is 3. The second kappa shape index (κ2) is 9.84. The number of nitrogens with zero attached hydrogens (tertiary/aromatic N) is 5. The van der Waals surface area contributed by atoms with Crippen molar-refractivity contribution in [1.29, 1.82) is 0 Å². The average molecular weight is 504 g/mol. The molecule has 0 radical (unpaired) electrons. The third-order valence-electron chi connectivity index (χ3n) is 6.61. The highest BCUT2D eigenvalue weighted by molar-refractivity contribution is 6.30. The summed E-state index contributed by atoms with van der Waals surface area (Å²) in [4.78, 5) is 44.6. The molecule has 2 unspecified atom stereocenters. The number of nitrogens with one attached hydrogen (secondary N) is 2.